The molecule has 1 aromatic carbocycles. The lowest BCUT2D eigenvalue weighted by molar-refractivity contribution is 0.142. The Bertz CT molecular complexity index is 1270. The normalized spacial score (nSPS) is 13.3. The van der Waals surface area contributed by atoms with Crippen LogP contribution in [0.5, 0.6) is 5.75 Å². The van der Waals surface area contributed by atoms with E-state index >= 15 is 0 Å². The molecule has 2 rings (SSSR count). The van der Waals surface area contributed by atoms with E-state index in [0.717, 1.165) is 41.7 Å². The molecule has 0 amide bonds. The highest BCUT2D eigenvalue weighted by Gasteiger charge is 2.13. The van der Waals surface area contributed by atoms with Gasteiger partial charge in [0.2, 0.25) is 0 Å². The number of hydrogen-bond acceptors (Lipinski definition) is 5. The van der Waals surface area contributed by atoms with Crippen molar-refractivity contribution in [3.05, 3.63) is 101 Å². The number of aliphatic imine (C=N–C) groups is 1. The molecule has 208 valence electrons. The highest BCUT2D eigenvalue weighted by Crippen LogP contribution is 2.31. The van der Waals surface area contributed by atoms with E-state index in [2.05, 4.69) is 40.0 Å². The zero-order chi connectivity index (χ0) is 28.8. The number of aromatic nitrogens is 1. The summed E-state index contributed by atoms with van der Waals surface area (Å²) in [4.78, 5) is 9.51. The highest BCUT2D eigenvalue weighted by atomic mass is 35.5. The fourth-order valence-corrected chi connectivity index (χ4v) is 4.29. The van der Waals surface area contributed by atoms with Gasteiger partial charge in [-0.1, -0.05) is 87.9 Å². The first-order valence-corrected chi connectivity index (χ1v) is 13.8. The Morgan fingerprint density at radius 3 is 2.51 bits per heavy atom. The molecule has 39 heavy (non-hydrogen) atoms. The number of nitrogens with zero attached hydrogens (tertiary/aromatic N) is 2. The van der Waals surface area contributed by atoms with E-state index in [1.807, 2.05) is 37.3 Å². The summed E-state index contributed by atoms with van der Waals surface area (Å²) >= 11 is 6.01. The van der Waals surface area contributed by atoms with E-state index in [0.29, 0.717) is 41.6 Å². The zero-order valence-electron chi connectivity index (χ0n) is 23.8. The molecule has 0 aliphatic carbocycles. The van der Waals surface area contributed by atoms with Crippen molar-refractivity contribution in [3.63, 3.8) is 0 Å². The first kappa shape index (κ1) is 31.8. The number of nitrogens with two attached hydrogens (primary N) is 1. The number of halogens is 1. The van der Waals surface area contributed by atoms with Gasteiger partial charge < -0.3 is 15.6 Å². The summed E-state index contributed by atoms with van der Waals surface area (Å²) in [5.74, 6) is 0.696. The quantitative estimate of drug-likeness (QED) is 0.172. The van der Waals surface area contributed by atoms with Gasteiger partial charge in [0.15, 0.2) is 5.82 Å². The largest absolute Gasteiger partial charge is 0.508 e. The molecule has 0 saturated heterocycles. The van der Waals surface area contributed by atoms with Crippen LogP contribution >= 0.6 is 11.6 Å². The van der Waals surface area contributed by atoms with Gasteiger partial charge in [-0.2, -0.15) is 0 Å². The number of rotatable bonds is 15. The third kappa shape index (κ3) is 9.68. The zero-order valence-corrected chi connectivity index (χ0v) is 24.5. The lowest BCUT2D eigenvalue weighted by atomic mass is 10.00. The van der Waals surface area contributed by atoms with Crippen LogP contribution in [0, 0.1) is 0 Å². The SMILES string of the molecule is C=C/C(=C\C(CCC)=C(/C)CC)COCc1c(O)cccc1-c1cccc(N=C(CC)C(=CN)CC(=C)Cl)n1. The third-order valence-corrected chi connectivity index (χ3v) is 6.57. The van der Waals surface area contributed by atoms with Crippen LogP contribution in [0.3, 0.4) is 0 Å². The molecule has 1 aromatic heterocycles. The number of allylic oxidation sites excluding steroid dienone is 5. The molecule has 6 heteroatoms. The van der Waals surface area contributed by atoms with Crippen molar-refractivity contribution in [2.75, 3.05) is 6.61 Å². The van der Waals surface area contributed by atoms with Gasteiger partial charge in [0.05, 0.1) is 18.9 Å². The van der Waals surface area contributed by atoms with E-state index < -0.39 is 0 Å². The Balaban J connectivity index is 2.34. The number of pyridine rings is 1. The summed E-state index contributed by atoms with van der Waals surface area (Å²) in [7, 11) is 0. The summed E-state index contributed by atoms with van der Waals surface area (Å²) in [5.41, 5.74) is 13.3. The van der Waals surface area contributed by atoms with Crippen LogP contribution < -0.4 is 5.73 Å². The van der Waals surface area contributed by atoms with E-state index in [-0.39, 0.29) is 12.4 Å². The monoisotopic (exact) mass is 547 g/mol. The molecule has 0 unspecified atom stereocenters. The Morgan fingerprint density at radius 2 is 1.90 bits per heavy atom. The molecule has 0 aliphatic rings. The van der Waals surface area contributed by atoms with E-state index in [9.17, 15) is 5.11 Å². The molecule has 0 bridgehead atoms. The van der Waals surface area contributed by atoms with Gasteiger partial charge in [-0.25, -0.2) is 9.98 Å². The average molecular weight is 548 g/mol. The number of hydrogen-bond donors (Lipinski definition) is 2. The van der Waals surface area contributed by atoms with Crippen LogP contribution in [-0.4, -0.2) is 22.4 Å². The predicted octanol–water partition coefficient (Wildman–Crippen LogP) is 9.08. The van der Waals surface area contributed by atoms with Gasteiger partial charge >= 0.3 is 0 Å². The molecule has 3 N–H and O–H groups in total. The second-order valence-corrected chi connectivity index (χ2v) is 9.84. The van der Waals surface area contributed by atoms with Gasteiger partial charge in [-0.05, 0) is 67.3 Å². The Kier molecular flexibility index (Phi) is 13.5. The molecule has 1 heterocycles. The molecular weight excluding hydrogens is 506 g/mol. The van der Waals surface area contributed by atoms with Gasteiger partial charge in [0, 0.05) is 28.3 Å². The number of benzene rings is 1. The van der Waals surface area contributed by atoms with Gasteiger partial charge in [0.25, 0.3) is 0 Å². The molecule has 0 saturated carbocycles. The van der Waals surface area contributed by atoms with Crippen LogP contribution in [0.2, 0.25) is 0 Å². The van der Waals surface area contributed by atoms with Crippen molar-refractivity contribution in [3.8, 4) is 17.0 Å². The average Bonchev–Trinajstić information content (AvgIpc) is 2.94. The lowest BCUT2D eigenvalue weighted by Crippen LogP contribution is -2.04. The molecule has 2 aromatic rings. The molecule has 0 fully saturated rings. The smallest absolute Gasteiger partial charge is 0.152 e. The molecule has 0 spiro atoms. The number of phenolic OH excluding ortho intramolecular Hbond substituents is 1. The van der Waals surface area contributed by atoms with Crippen molar-refractivity contribution in [1.29, 1.82) is 0 Å². The topological polar surface area (TPSA) is 80.7 Å². The number of aromatic hydroxyl groups is 1. The van der Waals surface area contributed by atoms with Gasteiger partial charge in [-0.15, -0.1) is 0 Å². The van der Waals surface area contributed by atoms with Crippen molar-refractivity contribution < 1.29 is 9.84 Å². The summed E-state index contributed by atoms with van der Waals surface area (Å²) in [6, 6.07) is 11.0. The number of ether oxygens (including phenoxy) is 1. The Morgan fingerprint density at radius 1 is 1.15 bits per heavy atom. The minimum Gasteiger partial charge on any atom is -0.508 e. The van der Waals surface area contributed by atoms with Crippen LogP contribution in [-0.2, 0) is 11.3 Å². The predicted molar refractivity (Wildman–Crippen MR) is 166 cm³/mol. The fourth-order valence-electron chi connectivity index (χ4n) is 4.14. The van der Waals surface area contributed by atoms with Crippen molar-refractivity contribution in [2.45, 2.75) is 66.4 Å². The van der Waals surface area contributed by atoms with Crippen LogP contribution in [0.15, 0.2) is 100 Å². The minimum absolute atomic E-state index is 0.156. The molecular formula is C33H42ClN3O2. The molecule has 0 aliphatic heterocycles. The fraction of sp³-hybridized carbons (Fsp3) is 0.333. The van der Waals surface area contributed by atoms with E-state index in [1.54, 1.807) is 12.1 Å². The summed E-state index contributed by atoms with van der Waals surface area (Å²) in [6.07, 6.45) is 9.75. The van der Waals surface area contributed by atoms with Crippen LogP contribution in [0.25, 0.3) is 11.3 Å². The minimum atomic E-state index is 0.156. The first-order chi connectivity index (χ1) is 18.8. The van der Waals surface area contributed by atoms with Crippen molar-refractivity contribution in [1.82, 2.24) is 4.98 Å². The standard InChI is InChI=1S/C33H42ClN3O2/c1-7-13-26(23(5)8-2)19-25(9-3)21-39-22-29-28(14-11-16-32(29)38)31-15-12-17-33(37-31)36-30(10-4)27(20-35)18-24(6)34/h9,11-12,14-17,19-20,38H,3,6-8,10,13,18,21-22,35H2,1-2,4-5H3/b25-19+,26-23+,27-20?,36-30?. The maximum atomic E-state index is 10.7. The van der Waals surface area contributed by atoms with Crippen molar-refractivity contribution in [2.24, 2.45) is 10.7 Å². The van der Waals surface area contributed by atoms with Crippen molar-refractivity contribution >= 4 is 23.1 Å². The number of phenols is 1. The van der Waals surface area contributed by atoms with Gasteiger partial charge in [0.1, 0.15) is 5.75 Å². The Hall–Kier alpha value is -3.41. The first-order valence-electron chi connectivity index (χ1n) is 13.5. The second-order valence-electron chi connectivity index (χ2n) is 9.31. The molecule has 0 atom stereocenters. The molecule has 0 radical (unpaired) electrons. The van der Waals surface area contributed by atoms with E-state index in [4.69, 9.17) is 32.0 Å². The Labute approximate surface area is 239 Å². The van der Waals surface area contributed by atoms with Gasteiger partial charge in [-0.3, -0.25) is 0 Å². The summed E-state index contributed by atoms with van der Waals surface area (Å²) in [6.45, 7) is 16.9. The maximum absolute atomic E-state index is 10.7. The van der Waals surface area contributed by atoms with Crippen LogP contribution in [0.4, 0.5) is 5.82 Å². The summed E-state index contributed by atoms with van der Waals surface area (Å²) < 4.78 is 6.08. The third-order valence-electron chi connectivity index (χ3n) is 6.43. The lowest BCUT2D eigenvalue weighted by Gasteiger charge is -2.14. The molecule has 5 nitrogen and oxygen atoms in total. The maximum Gasteiger partial charge on any atom is 0.152 e. The van der Waals surface area contributed by atoms with E-state index in [1.165, 1.54) is 17.3 Å². The highest BCUT2D eigenvalue weighted by molar-refractivity contribution is 6.29. The second kappa shape index (κ2) is 16.5. The summed E-state index contributed by atoms with van der Waals surface area (Å²) in [5, 5.41) is 11.2. The van der Waals surface area contributed by atoms with Crippen LogP contribution in [0.1, 0.15) is 65.4 Å².